The third kappa shape index (κ3) is 1.96. The van der Waals surface area contributed by atoms with E-state index in [2.05, 4.69) is 44.4 Å². The number of rotatable bonds is 2. The van der Waals surface area contributed by atoms with Crippen LogP contribution in [0.2, 0.25) is 0 Å². The summed E-state index contributed by atoms with van der Waals surface area (Å²) in [4.78, 5) is 8.92. The van der Waals surface area contributed by atoms with E-state index in [1.165, 1.54) is 11.1 Å². The lowest BCUT2D eigenvalue weighted by atomic mass is 9.99. The molecule has 0 radical (unpaired) electrons. The van der Waals surface area contributed by atoms with Gasteiger partial charge in [0.25, 0.3) is 0 Å². The normalized spacial score (nSPS) is 13.3. The first-order chi connectivity index (χ1) is 11.8. The summed E-state index contributed by atoms with van der Waals surface area (Å²) < 4.78 is 3.57. The van der Waals surface area contributed by atoms with E-state index in [-0.39, 0.29) is 1.43 Å². The second-order valence-electron chi connectivity index (χ2n) is 5.92. The van der Waals surface area contributed by atoms with Gasteiger partial charge in [0.2, 0.25) is 0 Å². The topological polar surface area (TPSA) is 60.9 Å². The zero-order valence-corrected chi connectivity index (χ0v) is 13.1. The Morgan fingerprint density at radius 1 is 1.04 bits per heavy atom. The van der Waals surface area contributed by atoms with Crippen molar-refractivity contribution in [3.63, 3.8) is 0 Å². The first kappa shape index (κ1) is 13.2. The van der Waals surface area contributed by atoms with E-state index in [1.54, 1.807) is 15.5 Å². The number of pyridine rings is 2. The molecule has 0 amide bonds. The van der Waals surface area contributed by atoms with Gasteiger partial charge in [0, 0.05) is 50.2 Å². The molecule has 6 heteroatoms. The van der Waals surface area contributed by atoms with Crippen LogP contribution >= 0.6 is 0 Å². The SMILES string of the molecule is Cn1cc(-c2cnc3c(c2)C(c2ccn4ncnc4c2)=CC3)cn1.[HH]. The standard InChI is InChI=1S/C18H14N6.H2/c1-23-10-14(9-21-23)13-6-16-15(2-3-17(16)19-8-13)12-4-5-24-18(7-12)20-11-22-24;/h2,4-11H,3H2,1H3;1H. The second kappa shape index (κ2) is 4.86. The molecule has 5 rings (SSSR count). The molecular formula is C18H16N6. The van der Waals surface area contributed by atoms with Crippen molar-refractivity contribution in [2.75, 3.05) is 0 Å². The minimum Gasteiger partial charge on any atom is -0.275 e. The van der Waals surface area contributed by atoms with Crippen LogP contribution in [0.4, 0.5) is 0 Å². The molecule has 0 aliphatic heterocycles. The number of fused-ring (bicyclic) bond motifs is 2. The average molecular weight is 316 g/mol. The van der Waals surface area contributed by atoms with Crippen molar-refractivity contribution >= 4 is 11.2 Å². The number of hydrogen-bond donors (Lipinski definition) is 0. The first-order valence-electron chi connectivity index (χ1n) is 7.76. The third-order valence-corrected chi connectivity index (χ3v) is 4.39. The monoisotopic (exact) mass is 316 g/mol. The zero-order chi connectivity index (χ0) is 16.1. The largest absolute Gasteiger partial charge is 0.275 e. The summed E-state index contributed by atoms with van der Waals surface area (Å²) >= 11 is 0. The molecule has 4 aromatic heterocycles. The minimum absolute atomic E-state index is 0. The van der Waals surface area contributed by atoms with Gasteiger partial charge in [0.15, 0.2) is 5.65 Å². The van der Waals surface area contributed by atoms with Crippen LogP contribution in [0, 0.1) is 0 Å². The van der Waals surface area contributed by atoms with Crippen molar-refractivity contribution in [3.8, 4) is 11.1 Å². The maximum absolute atomic E-state index is 4.65. The van der Waals surface area contributed by atoms with Crippen LogP contribution in [0.1, 0.15) is 18.2 Å². The van der Waals surface area contributed by atoms with Crippen LogP contribution in [0.3, 0.4) is 0 Å². The molecule has 0 unspecified atom stereocenters. The van der Waals surface area contributed by atoms with E-state index in [4.69, 9.17) is 0 Å². The molecule has 0 fully saturated rings. The summed E-state index contributed by atoms with van der Waals surface area (Å²) in [7, 11) is 1.92. The molecule has 0 saturated carbocycles. The van der Waals surface area contributed by atoms with E-state index in [1.807, 2.05) is 31.8 Å². The van der Waals surface area contributed by atoms with Gasteiger partial charge in [0.05, 0.1) is 11.9 Å². The Labute approximate surface area is 139 Å². The fraction of sp³-hybridized carbons (Fsp3) is 0.111. The maximum atomic E-state index is 4.65. The number of aryl methyl sites for hydroxylation is 1. The van der Waals surface area contributed by atoms with Gasteiger partial charge in [-0.2, -0.15) is 10.2 Å². The third-order valence-electron chi connectivity index (χ3n) is 4.39. The number of allylic oxidation sites excluding steroid dienone is 1. The van der Waals surface area contributed by atoms with E-state index >= 15 is 0 Å². The second-order valence-corrected chi connectivity index (χ2v) is 5.92. The molecule has 1 aliphatic carbocycles. The Balaban J connectivity index is 0.00000157. The molecule has 118 valence electrons. The maximum Gasteiger partial charge on any atom is 0.155 e. The Morgan fingerprint density at radius 2 is 2.00 bits per heavy atom. The van der Waals surface area contributed by atoms with Crippen molar-refractivity contribution in [2.45, 2.75) is 6.42 Å². The molecule has 0 saturated heterocycles. The average Bonchev–Trinajstić information content (AvgIpc) is 3.32. The first-order valence-corrected chi connectivity index (χ1v) is 7.76. The predicted molar refractivity (Wildman–Crippen MR) is 92.3 cm³/mol. The van der Waals surface area contributed by atoms with Crippen LogP contribution in [-0.4, -0.2) is 29.4 Å². The van der Waals surface area contributed by atoms with E-state index in [0.717, 1.165) is 34.5 Å². The number of aromatic nitrogens is 6. The highest BCUT2D eigenvalue weighted by Gasteiger charge is 2.18. The van der Waals surface area contributed by atoms with Crippen molar-refractivity contribution in [1.29, 1.82) is 0 Å². The van der Waals surface area contributed by atoms with Crippen LogP contribution in [-0.2, 0) is 13.5 Å². The predicted octanol–water partition coefficient (Wildman–Crippen LogP) is 2.76. The van der Waals surface area contributed by atoms with Crippen molar-refractivity contribution in [2.24, 2.45) is 7.05 Å². The molecule has 6 nitrogen and oxygen atoms in total. The molecular weight excluding hydrogens is 300 g/mol. The Kier molecular flexibility index (Phi) is 2.67. The van der Waals surface area contributed by atoms with Gasteiger partial charge >= 0.3 is 0 Å². The van der Waals surface area contributed by atoms with Gasteiger partial charge in [-0.15, -0.1) is 0 Å². The number of nitrogens with zero attached hydrogens (tertiary/aromatic N) is 6. The fourth-order valence-electron chi connectivity index (χ4n) is 3.18. The van der Waals surface area contributed by atoms with Crippen molar-refractivity contribution in [1.82, 2.24) is 29.4 Å². The van der Waals surface area contributed by atoms with Crippen LogP contribution in [0.5, 0.6) is 0 Å². The summed E-state index contributed by atoms with van der Waals surface area (Å²) in [5.41, 5.74) is 7.63. The summed E-state index contributed by atoms with van der Waals surface area (Å²) in [6, 6.07) is 6.33. The molecule has 4 aromatic rings. The lowest BCUT2D eigenvalue weighted by Crippen LogP contribution is -1.94. The van der Waals surface area contributed by atoms with E-state index < -0.39 is 0 Å². The molecule has 0 bridgehead atoms. The molecule has 0 N–H and O–H groups in total. The van der Waals surface area contributed by atoms with Gasteiger partial charge in [-0.05, 0) is 29.3 Å². The van der Waals surface area contributed by atoms with Gasteiger partial charge in [-0.25, -0.2) is 9.50 Å². The molecule has 1 aliphatic rings. The van der Waals surface area contributed by atoms with Crippen LogP contribution in [0.15, 0.2) is 55.4 Å². The highest BCUT2D eigenvalue weighted by atomic mass is 15.3. The Morgan fingerprint density at radius 3 is 2.88 bits per heavy atom. The minimum atomic E-state index is 0. The fourth-order valence-corrected chi connectivity index (χ4v) is 3.18. The quantitative estimate of drug-likeness (QED) is 0.570. The van der Waals surface area contributed by atoms with Gasteiger partial charge < -0.3 is 0 Å². The number of hydrogen-bond acceptors (Lipinski definition) is 4. The van der Waals surface area contributed by atoms with Crippen LogP contribution in [0.25, 0.3) is 22.3 Å². The molecule has 4 heterocycles. The van der Waals surface area contributed by atoms with E-state index in [0.29, 0.717) is 0 Å². The lowest BCUT2D eigenvalue weighted by molar-refractivity contribution is 0.768. The van der Waals surface area contributed by atoms with Crippen molar-refractivity contribution < 1.29 is 1.43 Å². The smallest absolute Gasteiger partial charge is 0.155 e. The molecule has 0 aromatic carbocycles. The van der Waals surface area contributed by atoms with E-state index in [9.17, 15) is 0 Å². The Bertz CT molecular complexity index is 1110. The summed E-state index contributed by atoms with van der Waals surface area (Å²) in [6.07, 6.45) is 12.4. The van der Waals surface area contributed by atoms with Crippen molar-refractivity contribution in [3.05, 3.63) is 72.2 Å². The Hall–Kier alpha value is -3.28. The highest BCUT2D eigenvalue weighted by molar-refractivity contribution is 5.86. The molecule has 24 heavy (non-hydrogen) atoms. The molecule has 0 atom stereocenters. The van der Waals surface area contributed by atoms with Gasteiger partial charge in [-0.1, -0.05) is 6.08 Å². The van der Waals surface area contributed by atoms with Gasteiger partial charge in [0.1, 0.15) is 6.33 Å². The zero-order valence-electron chi connectivity index (χ0n) is 13.1. The lowest BCUT2D eigenvalue weighted by Gasteiger charge is -2.08. The summed E-state index contributed by atoms with van der Waals surface area (Å²) in [5.74, 6) is 0. The van der Waals surface area contributed by atoms with Gasteiger partial charge in [-0.3, -0.25) is 9.67 Å². The van der Waals surface area contributed by atoms with Crippen LogP contribution < -0.4 is 0 Å². The summed E-state index contributed by atoms with van der Waals surface area (Å²) in [5, 5.41) is 8.40. The highest BCUT2D eigenvalue weighted by Crippen LogP contribution is 2.34. The molecule has 0 spiro atoms. The summed E-state index contributed by atoms with van der Waals surface area (Å²) in [6.45, 7) is 0.